The Morgan fingerprint density at radius 2 is 2.00 bits per heavy atom. The third-order valence-corrected chi connectivity index (χ3v) is 2.55. The molecule has 0 aliphatic carbocycles. The Hall–Kier alpha value is -1.22. The average Bonchev–Trinajstić information content (AvgIpc) is 2.62. The molecule has 0 saturated heterocycles. The van der Waals surface area contributed by atoms with E-state index < -0.39 is 0 Å². The third-order valence-electron chi connectivity index (χ3n) is 2.55. The van der Waals surface area contributed by atoms with Crippen molar-refractivity contribution >= 4 is 0 Å². The molecule has 0 aromatic heterocycles. The van der Waals surface area contributed by atoms with Gasteiger partial charge in [0, 0.05) is 6.04 Å². The Morgan fingerprint density at radius 3 is 2.73 bits per heavy atom. The van der Waals surface area contributed by atoms with Crippen LogP contribution in [-0.2, 0) is 0 Å². The van der Waals surface area contributed by atoms with E-state index in [1.807, 2.05) is 18.2 Å². The second kappa shape index (κ2) is 4.11. The van der Waals surface area contributed by atoms with E-state index in [0.717, 1.165) is 23.5 Å². The molecule has 1 unspecified atom stereocenters. The van der Waals surface area contributed by atoms with Gasteiger partial charge in [0.2, 0.25) is 6.79 Å². The summed E-state index contributed by atoms with van der Waals surface area (Å²) in [6.07, 6.45) is 0.986. The molecule has 0 bridgehead atoms. The molecule has 1 aromatic carbocycles. The van der Waals surface area contributed by atoms with E-state index in [9.17, 15) is 0 Å². The highest BCUT2D eigenvalue weighted by Crippen LogP contribution is 2.34. The summed E-state index contributed by atoms with van der Waals surface area (Å²) in [6.45, 7) is 4.66. The average molecular weight is 207 g/mol. The lowest BCUT2D eigenvalue weighted by molar-refractivity contribution is 0.174. The van der Waals surface area contributed by atoms with Crippen molar-refractivity contribution in [2.24, 2.45) is 11.7 Å². The van der Waals surface area contributed by atoms with Crippen molar-refractivity contribution in [1.82, 2.24) is 0 Å². The lowest BCUT2D eigenvalue weighted by Gasteiger charge is -2.14. The summed E-state index contributed by atoms with van der Waals surface area (Å²) in [5.41, 5.74) is 7.21. The first-order chi connectivity index (χ1) is 7.16. The summed E-state index contributed by atoms with van der Waals surface area (Å²) in [5, 5.41) is 0. The van der Waals surface area contributed by atoms with E-state index in [2.05, 4.69) is 13.8 Å². The van der Waals surface area contributed by atoms with E-state index in [1.165, 1.54) is 0 Å². The maximum absolute atomic E-state index is 6.09. The molecule has 3 nitrogen and oxygen atoms in total. The predicted molar refractivity (Wildman–Crippen MR) is 58.9 cm³/mol. The minimum atomic E-state index is 0.0829. The summed E-state index contributed by atoms with van der Waals surface area (Å²) >= 11 is 0. The summed E-state index contributed by atoms with van der Waals surface area (Å²) < 4.78 is 10.6. The lowest BCUT2D eigenvalue weighted by Crippen LogP contribution is -2.12. The summed E-state index contributed by atoms with van der Waals surface area (Å²) in [6, 6.07) is 6.01. The molecule has 0 spiro atoms. The highest BCUT2D eigenvalue weighted by atomic mass is 16.7. The van der Waals surface area contributed by atoms with Gasteiger partial charge in [-0.2, -0.15) is 0 Å². The molecule has 2 N–H and O–H groups in total. The van der Waals surface area contributed by atoms with Gasteiger partial charge in [0.1, 0.15) is 0 Å². The van der Waals surface area contributed by atoms with Gasteiger partial charge >= 0.3 is 0 Å². The second-order valence-corrected chi connectivity index (χ2v) is 4.35. The smallest absolute Gasteiger partial charge is 0.231 e. The first-order valence-corrected chi connectivity index (χ1v) is 5.32. The first kappa shape index (κ1) is 10.3. The van der Waals surface area contributed by atoms with E-state index in [-0.39, 0.29) is 6.04 Å². The van der Waals surface area contributed by atoms with E-state index in [0.29, 0.717) is 12.7 Å². The van der Waals surface area contributed by atoms with Crippen LogP contribution in [-0.4, -0.2) is 6.79 Å². The molecule has 1 heterocycles. The molecule has 2 rings (SSSR count). The maximum Gasteiger partial charge on any atom is 0.231 e. The van der Waals surface area contributed by atoms with Crippen LogP contribution in [0.15, 0.2) is 18.2 Å². The highest BCUT2D eigenvalue weighted by molar-refractivity contribution is 5.45. The summed E-state index contributed by atoms with van der Waals surface area (Å²) in [7, 11) is 0. The number of benzene rings is 1. The van der Waals surface area contributed by atoms with Crippen LogP contribution in [0.3, 0.4) is 0 Å². The van der Waals surface area contributed by atoms with Crippen LogP contribution in [0, 0.1) is 5.92 Å². The van der Waals surface area contributed by atoms with Crippen molar-refractivity contribution in [2.75, 3.05) is 6.79 Å². The Labute approximate surface area is 90.2 Å². The fourth-order valence-electron chi connectivity index (χ4n) is 1.79. The third kappa shape index (κ3) is 2.23. The van der Waals surface area contributed by atoms with Crippen LogP contribution in [0.25, 0.3) is 0 Å². The van der Waals surface area contributed by atoms with Crippen LogP contribution < -0.4 is 15.2 Å². The minimum Gasteiger partial charge on any atom is -0.454 e. The zero-order valence-electron chi connectivity index (χ0n) is 9.19. The molecule has 0 saturated carbocycles. The van der Waals surface area contributed by atoms with Crippen LogP contribution >= 0.6 is 0 Å². The number of rotatable bonds is 3. The largest absolute Gasteiger partial charge is 0.454 e. The molecule has 3 heteroatoms. The Kier molecular flexibility index (Phi) is 2.82. The standard InChI is InChI=1S/C12H17NO2/c1-8(2)5-10(13)9-3-4-11-12(6-9)15-7-14-11/h3-4,6,8,10H,5,7,13H2,1-2H3. The fourth-order valence-corrected chi connectivity index (χ4v) is 1.79. The number of ether oxygens (including phenoxy) is 2. The Morgan fingerprint density at radius 1 is 1.27 bits per heavy atom. The molecular formula is C12H17NO2. The molecule has 15 heavy (non-hydrogen) atoms. The second-order valence-electron chi connectivity index (χ2n) is 4.35. The molecule has 0 fully saturated rings. The highest BCUT2D eigenvalue weighted by Gasteiger charge is 2.16. The van der Waals surface area contributed by atoms with Gasteiger partial charge < -0.3 is 15.2 Å². The summed E-state index contributed by atoms with van der Waals surface area (Å²) in [4.78, 5) is 0. The minimum absolute atomic E-state index is 0.0829. The number of hydrogen-bond donors (Lipinski definition) is 1. The zero-order chi connectivity index (χ0) is 10.8. The van der Waals surface area contributed by atoms with E-state index in [4.69, 9.17) is 15.2 Å². The van der Waals surface area contributed by atoms with Gasteiger partial charge in [-0.15, -0.1) is 0 Å². The molecule has 82 valence electrons. The van der Waals surface area contributed by atoms with E-state index in [1.54, 1.807) is 0 Å². The molecule has 1 aliphatic heterocycles. The molecule has 1 aliphatic rings. The zero-order valence-corrected chi connectivity index (χ0v) is 9.19. The number of fused-ring (bicyclic) bond motifs is 1. The van der Waals surface area contributed by atoms with Gasteiger partial charge in [0.25, 0.3) is 0 Å². The van der Waals surface area contributed by atoms with Crippen molar-refractivity contribution in [3.63, 3.8) is 0 Å². The number of nitrogens with two attached hydrogens (primary N) is 1. The van der Waals surface area contributed by atoms with Gasteiger partial charge in [0.15, 0.2) is 11.5 Å². The van der Waals surface area contributed by atoms with Gasteiger partial charge in [0.05, 0.1) is 0 Å². The van der Waals surface area contributed by atoms with Gasteiger partial charge in [-0.1, -0.05) is 19.9 Å². The monoisotopic (exact) mass is 207 g/mol. The molecule has 0 radical (unpaired) electrons. The Balaban J connectivity index is 2.15. The molecular weight excluding hydrogens is 190 g/mol. The van der Waals surface area contributed by atoms with Gasteiger partial charge in [-0.25, -0.2) is 0 Å². The van der Waals surface area contributed by atoms with Crippen LogP contribution in [0.4, 0.5) is 0 Å². The Bertz CT molecular complexity index is 349. The SMILES string of the molecule is CC(C)CC(N)c1ccc2c(c1)OCO2. The van der Waals surface area contributed by atoms with Crippen molar-refractivity contribution in [3.05, 3.63) is 23.8 Å². The maximum atomic E-state index is 6.09. The summed E-state index contributed by atoms with van der Waals surface area (Å²) in [5.74, 6) is 2.23. The molecule has 0 amide bonds. The molecule has 1 aromatic rings. The predicted octanol–water partition coefficient (Wildman–Crippen LogP) is 2.46. The molecule has 1 atom stereocenters. The van der Waals surface area contributed by atoms with Crippen LogP contribution in [0.5, 0.6) is 11.5 Å². The van der Waals surface area contributed by atoms with E-state index >= 15 is 0 Å². The quantitative estimate of drug-likeness (QED) is 0.828. The fraction of sp³-hybridized carbons (Fsp3) is 0.500. The van der Waals surface area contributed by atoms with Crippen molar-refractivity contribution < 1.29 is 9.47 Å². The van der Waals surface area contributed by atoms with Crippen molar-refractivity contribution in [2.45, 2.75) is 26.3 Å². The number of hydrogen-bond acceptors (Lipinski definition) is 3. The van der Waals surface area contributed by atoms with Gasteiger partial charge in [-0.05, 0) is 30.0 Å². The topological polar surface area (TPSA) is 44.5 Å². The van der Waals surface area contributed by atoms with Crippen LogP contribution in [0.1, 0.15) is 31.9 Å². The van der Waals surface area contributed by atoms with Crippen molar-refractivity contribution in [1.29, 1.82) is 0 Å². The first-order valence-electron chi connectivity index (χ1n) is 5.32. The van der Waals surface area contributed by atoms with Crippen molar-refractivity contribution in [3.8, 4) is 11.5 Å². The lowest BCUT2D eigenvalue weighted by atomic mass is 9.98. The van der Waals surface area contributed by atoms with Crippen LogP contribution in [0.2, 0.25) is 0 Å². The van der Waals surface area contributed by atoms with Gasteiger partial charge in [-0.3, -0.25) is 0 Å². The normalized spacial score (nSPS) is 15.7.